The molecular formula is C22H30N4O2. The van der Waals surface area contributed by atoms with Crippen LogP contribution < -0.4 is 4.74 Å². The summed E-state index contributed by atoms with van der Waals surface area (Å²) in [7, 11) is 0. The molecular weight excluding hydrogens is 352 g/mol. The molecule has 6 heteroatoms. The first-order valence-electron chi connectivity index (χ1n) is 10.4. The van der Waals surface area contributed by atoms with Crippen molar-refractivity contribution in [3.05, 3.63) is 48.3 Å². The van der Waals surface area contributed by atoms with Crippen LogP contribution >= 0.6 is 0 Å². The fourth-order valence-corrected chi connectivity index (χ4v) is 4.56. The van der Waals surface area contributed by atoms with Gasteiger partial charge in [-0.3, -0.25) is 9.80 Å². The molecule has 0 bridgehead atoms. The van der Waals surface area contributed by atoms with Crippen LogP contribution in [0, 0.1) is 0 Å². The van der Waals surface area contributed by atoms with Gasteiger partial charge in [-0.05, 0) is 43.0 Å². The van der Waals surface area contributed by atoms with Crippen LogP contribution in [0.25, 0.3) is 0 Å². The normalized spacial score (nSPS) is 21.8. The van der Waals surface area contributed by atoms with Crippen molar-refractivity contribution in [3.8, 4) is 11.8 Å². The van der Waals surface area contributed by atoms with Gasteiger partial charge in [0.25, 0.3) is 0 Å². The number of piperazine rings is 1. The molecule has 1 saturated heterocycles. The molecule has 2 aromatic rings. The smallest absolute Gasteiger partial charge is 0.321 e. The van der Waals surface area contributed by atoms with Crippen LogP contribution in [0.3, 0.4) is 0 Å². The van der Waals surface area contributed by atoms with Crippen LogP contribution in [-0.4, -0.2) is 63.2 Å². The topological polar surface area (TPSA) is 61.7 Å². The summed E-state index contributed by atoms with van der Waals surface area (Å²) in [5.74, 6) is 0.749. The maximum absolute atomic E-state index is 9.54. The number of benzene rings is 1. The Balaban J connectivity index is 1.33. The van der Waals surface area contributed by atoms with E-state index in [1.165, 1.54) is 31.2 Å². The number of aromatic nitrogens is 2. The Hall–Kier alpha value is -2.02. The van der Waals surface area contributed by atoms with Gasteiger partial charge in [-0.2, -0.15) is 0 Å². The van der Waals surface area contributed by atoms with E-state index in [0.29, 0.717) is 12.1 Å². The second-order valence-corrected chi connectivity index (χ2v) is 7.85. The van der Waals surface area contributed by atoms with Crippen molar-refractivity contribution in [2.45, 2.75) is 50.7 Å². The molecule has 28 heavy (non-hydrogen) atoms. The second kappa shape index (κ2) is 9.45. The third kappa shape index (κ3) is 4.87. The Morgan fingerprint density at radius 2 is 1.79 bits per heavy atom. The fourth-order valence-electron chi connectivity index (χ4n) is 4.56. The molecule has 150 valence electrons. The molecule has 0 unspecified atom stereocenters. The van der Waals surface area contributed by atoms with E-state index < -0.39 is 0 Å². The van der Waals surface area contributed by atoms with E-state index in [2.05, 4.69) is 31.9 Å². The first-order valence-corrected chi connectivity index (χ1v) is 10.4. The molecule has 1 aromatic carbocycles. The highest BCUT2D eigenvalue weighted by Gasteiger charge is 2.32. The lowest BCUT2D eigenvalue weighted by atomic mass is 10.0. The second-order valence-electron chi connectivity index (χ2n) is 7.85. The first kappa shape index (κ1) is 19.3. The Bertz CT molecular complexity index is 719. The van der Waals surface area contributed by atoms with E-state index in [-0.39, 0.29) is 6.61 Å². The molecule has 1 aromatic heterocycles. The Labute approximate surface area is 167 Å². The van der Waals surface area contributed by atoms with Gasteiger partial charge in [-0.15, -0.1) is 0 Å². The van der Waals surface area contributed by atoms with E-state index in [1.807, 2.05) is 12.1 Å². The number of nitrogens with zero attached hydrogens (tertiary/aromatic N) is 4. The van der Waals surface area contributed by atoms with Gasteiger partial charge < -0.3 is 9.84 Å². The first-order chi connectivity index (χ1) is 13.8. The summed E-state index contributed by atoms with van der Waals surface area (Å²) in [6, 6.07) is 11.5. The SMILES string of the molecule is OCC[C@@H]1CN(Cc2ccc(Oc3ncccn3)cc2)CCN1C1CCCC1. The third-order valence-corrected chi connectivity index (χ3v) is 5.95. The van der Waals surface area contributed by atoms with Gasteiger partial charge in [0.2, 0.25) is 0 Å². The summed E-state index contributed by atoms with van der Waals surface area (Å²) in [6.07, 6.45) is 9.59. The summed E-state index contributed by atoms with van der Waals surface area (Å²) in [5.41, 5.74) is 1.28. The Morgan fingerprint density at radius 1 is 1.04 bits per heavy atom. The predicted octanol–water partition coefficient (Wildman–Crippen LogP) is 3.08. The molecule has 1 aliphatic carbocycles. The summed E-state index contributed by atoms with van der Waals surface area (Å²) in [6.45, 7) is 4.45. The Morgan fingerprint density at radius 3 is 2.50 bits per heavy atom. The van der Waals surface area contributed by atoms with E-state index in [9.17, 15) is 5.11 Å². The molecule has 1 saturated carbocycles. The van der Waals surface area contributed by atoms with Crippen LogP contribution in [0.2, 0.25) is 0 Å². The summed E-state index contributed by atoms with van der Waals surface area (Å²) < 4.78 is 5.67. The van der Waals surface area contributed by atoms with Crippen molar-refractivity contribution in [2.24, 2.45) is 0 Å². The number of hydrogen-bond donors (Lipinski definition) is 1. The number of aliphatic hydroxyl groups excluding tert-OH is 1. The molecule has 2 fully saturated rings. The molecule has 0 amide bonds. The average Bonchev–Trinajstić information content (AvgIpc) is 3.25. The van der Waals surface area contributed by atoms with Crippen LogP contribution in [0.4, 0.5) is 0 Å². The van der Waals surface area contributed by atoms with Crippen LogP contribution in [-0.2, 0) is 6.54 Å². The van der Waals surface area contributed by atoms with Gasteiger partial charge in [-0.25, -0.2) is 9.97 Å². The minimum absolute atomic E-state index is 0.273. The highest BCUT2D eigenvalue weighted by Crippen LogP contribution is 2.28. The molecule has 1 atom stereocenters. The monoisotopic (exact) mass is 382 g/mol. The van der Waals surface area contributed by atoms with Gasteiger partial charge in [0, 0.05) is 57.3 Å². The zero-order valence-electron chi connectivity index (χ0n) is 16.4. The summed E-state index contributed by atoms with van der Waals surface area (Å²) in [5, 5.41) is 9.54. The molecule has 6 nitrogen and oxygen atoms in total. The van der Waals surface area contributed by atoms with Crippen molar-refractivity contribution >= 4 is 0 Å². The molecule has 2 aliphatic rings. The highest BCUT2D eigenvalue weighted by atomic mass is 16.5. The summed E-state index contributed by atoms with van der Waals surface area (Å²) in [4.78, 5) is 13.4. The molecule has 4 rings (SSSR count). The molecule has 1 N–H and O–H groups in total. The predicted molar refractivity (Wildman–Crippen MR) is 108 cm³/mol. The van der Waals surface area contributed by atoms with Gasteiger partial charge in [-0.1, -0.05) is 25.0 Å². The zero-order valence-corrected chi connectivity index (χ0v) is 16.4. The molecule has 0 spiro atoms. The van der Waals surface area contributed by atoms with Crippen molar-refractivity contribution in [3.63, 3.8) is 0 Å². The number of rotatable bonds is 7. The quantitative estimate of drug-likeness (QED) is 0.794. The fraction of sp³-hybridized carbons (Fsp3) is 0.545. The lowest BCUT2D eigenvalue weighted by Crippen LogP contribution is -2.55. The minimum Gasteiger partial charge on any atom is -0.424 e. The minimum atomic E-state index is 0.273. The average molecular weight is 383 g/mol. The van der Waals surface area contributed by atoms with Crippen LogP contribution in [0.1, 0.15) is 37.7 Å². The number of aliphatic hydroxyl groups is 1. The van der Waals surface area contributed by atoms with E-state index >= 15 is 0 Å². The highest BCUT2D eigenvalue weighted by molar-refractivity contribution is 5.29. The maximum Gasteiger partial charge on any atom is 0.321 e. The Kier molecular flexibility index (Phi) is 6.52. The van der Waals surface area contributed by atoms with Crippen LogP contribution in [0.15, 0.2) is 42.7 Å². The molecule has 2 heterocycles. The van der Waals surface area contributed by atoms with E-state index in [4.69, 9.17) is 4.74 Å². The van der Waals surface area contributed by atoms with E-state index in [1.54, 1.807) is 18.5 Å². The number of ether oxygens (including phenoxy) is 1. The lowest BCUT2D eigenvalue weighted by molar-refractivity contribution is 0.0267. The molecule has 1 aliphatic heterocycles. The van der Waals surface area contributed by atoms with Gasteiger partial charge >= 0.3 is 6.01 Å². The lowest BCUT2D eigenvalue weighted by Gasteiger charge is -2.44. The van der Waals surface area contributed by atoms with Gasteiger partial charge in [0.1, 0.15) is 5.75 Å². The van der Waals surface area contributed by atoms with Crippen molar-refractivity contribution in [1.29, 1.82) is 0 Å². The van der Waals surface area contributed by atoms with Crippen molar-refractivity contribution in [1.82, 2.24) is 19.8 Å². The molecule has 0 radical (unpaired) electrons. The maximum atomic E-state index is 9.54. The van der Waals surface area contributed by atoms with Crippen molar-refractivity contribution in [2.75, 3.05) is 26.2 Å². The third-order valence-electron chi connectivity index (χ3n) is 5.95. The van der Waals surface area contributed by atoms with Crippen molar-refractivity contribution < 1.29 is 9.84 Å². The standard InChI is InChI=1S/C22H30N4O2/c27-15-10-20-17-25(13-14-26(20)19-4-1-2-5-19)16-18-6-8-21(9-7-18)28-22-23-11-3-12-24-22/h3,6-9,11-12,19-20,27H,1-2,4-5,10,13-17H2/t20-/m1/s1. The number of hydrogen-bond acceptors (Lipinski definition) is 6. The van der Waals surface area contributed by atoms with Crippen LogP contribution in [0.5, 0.6) is 11.8 Å². The van der Waals surface area contributed by atoms with Gasteiger partial charge in [0.05, 0.1) is 0 Å². The summed E-state index contributed by atoms with van der Waals surface area (Å²) >= 11 is 0. The van der Waals surface area contributed by atoms with Gasteiger partial charge in [0.15, 0.2) is 0 Å². The zero-order chi connectivity index (χ0) is 19.2. The largest absolute Gasteiger partial charge is 0.424 e. The van der Waals surface area contributed by atoms with E-state index in [0.717, 1.165) is 44.4 Å².